The Morgan fingerprint density at radius 2 is 2.00 bits per heavy atom. The van der Waals surface area contributed by atoms with Crippen molar-refractivity contribution in [2.24, 2.45) is 11.8 Å². The maximum Gasteiger partial charge on any atom is 0.220 e. The Morgan fingerprint density at radius 3 is 2.52 bits per heavy atom. The molecule has 1 fully saturated rings. The topological polar surface area (TPSA) is 38.3 Å². The van der Waals surface area contributed by atoms with E-state index in [1.807, 2.05) is 12.1 Å². The third-order valence-electron chi connectivity index (χ3n) is 4.20. The molecule has 116 valence electrons. The Labute approximate surface area is 128 Å². The van der Waals surface area contributed by atoms with E-state index >= 15 is 0 Å². The van der Waals surface area contributed by atoms with Gasteiger partial charge in [0.05, 0.1) is 13.2 Å². The Balaban J connectivity index is 1.97. The fraction of sp³-hybridized carbons (Fsp3) is 0.611. The monoisotopic (exact) mass is 289 g/mol. The van der Waals surface area contributed by atoms with Crippen LogP contribution in [0.25, 0.3) is 0 Å². The summed E-state index contributed by atoms with van der Waals surface area (Å²) >= 11 is 0. The SMILES string of the molecule is CCCC(C)CC(=O)NC(c1ccc(OC)cc1)C1CC1. The number of amides is 1. The van der Waals surface area contributed by atoms with Crippen LogP contribution < -0.4 is 10.1 Å². The highest BCUT2D eigenvalue weighted by Gasteiger charge is 2.33. The quantitative estimate of drug-likeness (QED) is 0.783. The summed E-state index contributed by atoms with van der Waals surface area (Å²) in [6.07, 6.45) is 5.30. The van der Waals surface area contributed by atoms with Gasteiger partial charge in [-0.25, -0.2) is 0 Å². The van der Waals surface area contributed by atoms with E-state index in [1.165, 1.54) is 18.4 Å². The molecule has 0 saturated heterocycles. The number of ether oxygens (including phenoxy) is 1. The molecule has 21 heavy (non-hydrogen) atoms. The number of hydrogen-bond acceptors (Lipinski definition) is 2. The minimum Gasteiger partial charge on any atom is -0.497 e. The summed E-state index contributed by atoms with van der Waals surface area (Å²) < 4.78 is 5.20. The Hall–Kier alpha value is -1.51. The average Bonchev–Trinajstić information content (AvgIpc) is 3.29. The van der Waals surface area contributed by atoms with Crippen molar-refractivity contribution in [2.45, 2.75) is 52.0 Å². The number of carbonyl (C=O) groups is 1. The first-order valence-corrected chi connectivity index (χ1v) is 8.07. The van der Waals surface area contributed by atoms with Crippen molar-refractivity contribution in [2.75, 3.05) is 7.11 Å². The van der Waals surface area contributed by atoms with Crippen molar-refractivity contribution in [3.8, 4) is 5.75 Å². The van der Waals surface area contributed by atoms with Gasteiger partial charge in [-0.2, -0.15) is 0 Å². The average molecular weight is 289 g/mol. The summed E-state index contributed by atoms with van der Waals surface area (Å²) in [7, 11) is 1.67. The molecule has 1 aromatic carbocycles. The lowest BCUT2D eigenvalue weighted by molar-refractivity contribution is -0.122. The van der Waals surface area contributed by atoms with E-state index in [2.05, 4.69) is 31.3 Å². The molecule has 1 aliphatic rings. The van der Waals surface area contributed by atoms with E-state index < -0.39 is 0 Å². The van der Waals surface area contributed by atoms with Gasteiger partial charge in [0.25, 0.3) is 0 Å². The lowest BCUT2D eigenvalue weighted by Gasteiger charge is -2.20. The molecule has 1 amide bonds. The lowest BCUT2D eigenvalue weighted by Crippen LogP contribution is -2.30. The van der Waals surface area contributed by atoms with Crippen LogP contribution in [0.5, 0.6) is 5.75 Å². The minimum absolute atomic E-state index is 0.164. The minimum atomic E-state index is 0.164. The van der Waals surface area contributed by atoms with Crippen molar-refractivity contribution in [3.05, 3.63) is 29.8 Å². The highest BCUT2D eigenvalue weighted by atomic mass is 16.5. The summed E-state index contributed by atoms with van der Waals surface area (Å²) in [4.78, 5) is 12.2. The molecule has 1 N–H and O–H groups in total. The smallest absolute Gasteiger partial charge is 0.220 e. The van der Waals surface area contributed by atoms with Crippen molar-refractivity contribution in [3.63, 3.8) is 0 Å². The van der Waals surface area contributed by atoms with Crippen LogP contribution in [0.1, 0.15) is 57.6 Å². The molecular weight excluding hydrogens is 262 g/mol. The maximum absolute atomic E-state index is 12.2. The molecule has 0 aromatic heterocycles. The normalized spacial score (nSPS) is 17.1. The Morgan fingerprint density at radius 1 is 1.33 bits per heavy atom. The molecule has 1 saturated carbocycles. The molecule has 1 aliphatic carbocycles. The van der Waals surface area contributed by atoms with Crippen molar-refractivity contribution in [1.82, 2.24) is 5.32 Å². The first kappa shape index (κ1) is 15.9. The fourth-order valence-electron chi connectivity index (χ4n) is 2.86. The number of rotatable bonds is 8. The van der Waals surface area contributed by atoms with Crippen LogP contribution in [0.3, 0.4) is 0 Å². The van der Waals surface area contributed by atoms with Gasteiger partial charge in [0.2, 0.25) is 5.91 Å². The molecule has 2 rings (SSSR count). The number of methoxy groups -OCH3 is 1. The van der Waals surface area contributed by atoms with E-state index in [1.54, 1.807) is 7.11 Å². The van der Waals surface area contributed by atoms with Gasteiger partial charge in [0, 0.05) is 6.42 Å². The third-order valence-corrected chi connectivity index (χ3v) is 4.20. The van der Waals surface area contributed by atoms with E-state index in [9.17, 15) is 4.79 Å². The van der Waals surface area contributed by atoms with Crippen LogP contribution in [-0.4, -0.2) is 13.0 Å². The molecule has 2 unspecified atom stereocenters. The molecule has 3 nitrogen and oxygen atoms in total. The zero-order chi connectivity index (χ0) is 15.2. The number of nitrogens with one attached hydrogen (secondary N) is 1. The third kappa shape index (κ3) is 4.76. The van der Waals surface area contributed by atoms with Gasteiger partial charge in [-0.05, 0) is 42.4 Å². The predicted octanol–water partition coefficient (Wildman–Crippen LogP) is 4.09. The van der Waals surface area contributed by atoms with Gasteiger partial charge >= 0.3 is 0 Å². The van der Waals surface area contributed by atoms with Crippen molar-refractivity contribution in [1.29, 1.82) is 0 Å². The van der Waals surface area contributed by atoms with Gasteiger partial charge in [-0.1, -0.05) is 38.8 Å². The standard InChI is InChI=1S/C18H27NO2/c1-4-5-13(2)12-17(20)19-18(14-6-7-14)15-8-10-16(21-3)11-9-15/h8-11,13-14,18H,4-7,12H2,1-3H3,(H,19,20). The van der Waals surface area contributed by atoms with Crippen LogP contribution in [0.2, 0.25) is 0 Å². The number of hydrogen-bond donors (Lipinski definition) is 1. The van der Waals surface area contributed by atoms with E-state index in [0.717, 1.165) is 18.6 Å². The summed E-state index contributed by atoms with van der Waals surface area (Å²) in [5.74, 6) is 2.11. The van der Waals surface area contributed by atoms with Crippen molar-refractivity contribution >= 4 is 5.91 Å². The fourth-order valence-corrected chi connectivity index (χ4v) is 2.86. The summed E-state index contributed by atoms with van der Waals surface area (Å²) in [6.45, 7) is 4.32. The highest BCUT2D eigenvalue weighted by molar-refractivity contribution is 5.76. The molecule has 0 radical (unpaired) electrons. The lowest BCUT2D eigenvalue weighted by atomic mass is 9.99. The first-order valence-electron chi connectivity index (χ1n) is 8.07. The molecule has 0 heterocycles. The van der Waals surface area contributed by atoms with Crippen LogP contribution >= 0.6 is 0 Å². The second-order valence-corrected chi connectivity index (χ2v) is 6.25. The van der Waals surface area contributed by atoms with Crippen LogP contribution in [0.4, 0.5) is 0 Å². The molecule has 0 aliphatic heterocycles. The highest BCUT2D eigenvalue weighted by Crippen LogP contribution is 2.41. The Kier molecular flexibility index (Phi) is 5.66. The number of carbonyl (C=O) groups excluding carboxylic acids is 1. The van der Waals surface area contributed by atoms with Crippen LogP contribution in [0.15, 0.2) is 24.3 Å². The Bertz CT molecular complexity index is 451. The van der Waals surface area contributed by atoms with E-state index in [4.69, 9.17) is 4.74 Å². The van der Waals surface area contributed by atoms with E-state index in [-0.39, 0.29) is 11.9 Å². The summed E-state index contributed by atoms with van der Waals surface area (Å²) in [5, 5.41) is 3.24. The second-order valence-electron chi connectivity index (χ2n) is 6.25. The predicted molar refractivity (Wildman–Crippen MR) is 85.3 cm³/mol. The second kappa shape index (κ2) is 7.48. The molecule has 3 heteroatoms. The van der Waals surface area contributed by atoms with Crippen LogP contribution in [0, 0.1) is 11.8 Å². The van der Waals surface area contributed by atoms with E-state index in [0.29, 0.717) is 18.3 Å². The molecule has 0 spiro atoms. The molecular formula is C18H27NO2. The summed E-state index contributed by atoms with van der Waals surface area (Å²) in [6, 6.07) is 8.24. The van der Waals surface area contributed by atoms with Gasteiger partial charge in [-0.15, -0.1) is 0 Å². The molecule has 1 aromatic rings. The first-order chi connectivity index (χ1) is 10.1. The zero-order valence-electron chi connectivity index (χ0n) is 13.4. The van der Waals surface area contributed by atoms with Gasteiger partial charge in [0.15, 0.2) is 0 Å². The maximum atomic E-state index is 12.2. The van der Waals surface area contributed by atoms with Gasteiger partial charge in [-0.3, -0.25) is 4.79 Å². The largest absolute Gasteiger partial charge is 0.497 e. The number of benzene rings is 1. The zero-order valence-corrected chi connectivity index (χ0v) is 13.4. The van der Waals surface area contributed by atoms with Gasteiger partial charge in [0.1, 0.15) is 5.75 Å². The van der Waals surface area contributed by atoms with Crippen LogP contribution in [-0.2, 0) is 4.79 Å². The summed E-state index contributed by atoms with van der Waals surface area (Å²) in [5.41, 5.74) is 1.19. The van der Waals surface area contributed by atoms with Crippen molar-refractivity contribution < 1.29 is 9.53 Å². The van der Waals surface area contributed by atoms with Gasteiger partial charge < -0.3 is 10.1 Å². The molecule has 0 bridgehead atoms. The molecule has 2 atom stereocenters.